The molecular formula is C39H43Cl2NO4Si. The Morgan fingerprint density at radius 3 is 1.98 bits per heavy atom. The molecule has 47 heavy (non-hydrogen) atoms. The number of rotatable bonds is 10. The molecule has 1 heterocycles. The van der Waals surface area contributed by atoms with Crippen molar-refractivity contribution in [2.45, 2.75) is 70.5 Å². The van der Waals surface area contributed by atoms with Crippen molar-refractivity contribution >= 4 is 53.8 Å². The van der Waals surface area contributed by atoms with E-state index in [1.165, 1.54) is 10.4 Å². The third-order valence-corrected chi connectivity index (χ3v) is 15.3. The van der Waals surface area contributed by atoms with Gasteiger partial charge in [0.15, 0.2) is 0 Å². The van der Waals surface area contributed by atoms with Crippen LogP contribution in [0.2, 0.25) is 15.1 Å². The van der Waals surface area contributed by atoms with E-state index < -0.39 is 31.7 Å². The average molecular weight is 689 g/mol. The number of carboxylic acid groups (broad SMARTS) is 1. The lowest BCUT2D eigenvalue weighted by atomic mass is 9.68. The summed E-state index contributed by atoms with van der Waals surface area (Å²) in [4.78, 5) is 29.1. The Labute approximate surface area is 289 Å². The Balaban J connectivity index is 1.56. The van der Waals surface area contributed by atoms with Crippen LogP contribution in [0.1, 0.15) is 70.5 Å². The molecule has 1 fully saturated rings. The van der Waals surface area contributed by atoms with E-state index in [1.807, 2.05) is 61.5 Å². The van der Waals surface area contributed by atoms with Crippen LogP contribution in [0.25, 0.3) is 0 Å². The van der Waals surface area contributed by atoms with Gasteiger partial charge in [-0.2, -0.15) is 0 Å². The monoisotopic (exact) mass is 687 g/mol. The summed E-state index contributed by atoms with van der Waals surface area (Å²) in [6.45, 7) is 10.6. The number of carbonyl (C=O) groups is 2. The molecule has 1 N–H and O–H groups in total. The van der Waals surface area contributed by atoms with E-state index in [0.717, 1.165) is 11.1 Å². The molecule has 1 saturated heterocycles. The molecule has 1 amide bonds. The quantitative estimate of drug-likeness (QED) is 0.134. The van der Waals surface area contributed by atoms with Crippen LogP contribution < -0.4 is 10.4 Å². The first kappa shape index (κ1) is 34.9. The zero-order valence-electron chi connectivity index (χ0n) is 27.6. The van der Waals surface area contributed by atoms with E-state index in [2.05, 4.69) is 69.3 Å². The Kier molecular flexibility index (Phi) is 10.4. The molecule has 5 rings (SSSR count). The highest BCUT2D eigenvalue weighted by Crippen LogP contribution is 2.51. The molecule has 0 aliphatic carbocycles. The predicted molar refractivity (Wildman–Crippen MR) is 193 cm³/mol. The lowest BCUT2D eigenvalue weighted by Gasteiger charge is -2.50. The molecule has 1 aliphatic rings. The van der Waals surface area contributed by atoms with Gasteiger partial charge in [-0.15, -0.1) is 0 Å². The first-order chi connectivity index (χ1) is 22.3. The summed E-state index contributed by atoms with van der Waals surface area (Å²) < 4.78 is 7.20. The number of nitrogens with zero attached hydrogens (tertiary/aromatic N) is 1. The van der Waals surface area contributed by atoms with Gasteiger partial charge in [0.05, 0.1) is 6.04 Å². The predicted octanol–water partition coefficient (Wildman–Crippen LogP) is 8.50. The van der Waals surface area contributed by atoms with Gasteiger partial charge >= 0.3 is 5.97 Å². The fraction of sp³-hybridized carbons (Fsp3) is 0.333. The number of halogens is 2. The van der Waals surface area contributed by atoms with Crippen molar-refractivity contribution in [3.05, 3.63) is 130 Å². The second kappa shape index (κ2) is 14.0. The molecule has 4 atom stereocenters. The molecule has 246 valence electrons. The second-order valence-electron chi connectivity index (χ2n) is 13.9. The highest BCUT2D eigenvalue weighted by molar-refractivity contribution is 6.99. The number of likely N-dealkylation sites (tertiary alicyclic amines) is 1. The molecule has 4 aromatic rings. The van der Waals surface area contributed by atoms with Crippen LogP contribution in [-0.4, -0.2) is 42.8 Å². The number of piperidine rings is 1. The third-order valence-electron chi connectivity index (χ3n) is 9.72. The molecule has 4 aromatic carbocycles. The van der Waals surface area contributed by atoms with Crippen molar-refractivity contribution in [2.24, 2.45) is 5.41 Å². The summed E-state index contributed by atoms with van der Waals surface area (Å²) in [6.07, 6.45) is 0.648. The van der Waals surface area contributed by atoms with Crippen molar-refractivity contribution in [2.75, 3.05) is 6.61 Å². The van der Waals surface area contributed by atoms with Gasteiger partial charge in [0.25, 0.3) is 8.32 Å². The van der Waals surface area contributed by atoms with Gasteiger partial charge in [0.2, 0.25) is 5.91 Å². The van der Waals surface area contributed by atoms with E-state index in [4.69, 9.17) is 27.6 Å². The van der Waals surface area contributed by atoms with Gasteiger partial charge in [0.1, 0.15) is 5.41 Å². The highest BCUT2D eigenvalue weighted by Gasteiger charge is 2.55. The first-order valence-corrected chi connectivity index (χ1v) is 18.8. The van der Waals surface area contributed by atoms with Crippen molar-refractivity contribution < 1.29 is 19.1 Å². The molecular weight excluding hydrogens is 645 g/mol. The molecule has 8 heteroatoms. The molecule has 1 aliphatic heterocycles. The number of amides is 1. The van der Waals surface area contributed by atoms with Crippen LogP contribution in [-0.2, 0) is 14.0 Å². The maximum absolute atomic E-state index is 14.4. The minimum absolute atomic E-state index is 0.136. The fourth-order valence-corrected chi connectivity index (χ4v) is 12.2. The lowest BCUT2D eigenvalue weighted by molar-refractivity contribution is -0.169. The fourth-order valence-electron chi connectivity index (χ4n) is 7.27. The number of benzene rings is 4. The van der Waals surface area contributed by atoms with Crippen molar-refractivity contribution in [3.63, 3.8) is 0 Å². The molecule has 0 radical (unpaired) electrons. The number of carboxylic acids is 1. The maximum Gasteiger partial charge on any atom is 0.318 e. The summed E-state index contributed by atoms with van der Waals surface area (Å²) in [5, 5.41) is 13.8. The third kappa shape index (κ3) is 6.79. The maximum atomic E-state index is 14.4. The minimum atomic E-state index is -2.82. The van der Waals surface area contributed by atoms with Gasteiger partial charge in [-0.3, -0.25) is 9.59 Å². The Bertz CT molecular complexity index is 1650. The second-order valence-corrected chi connectivity index (χ2v) is 19.0. The summed E-state index contributed by atoms with van der Waals surface area (Å²) >= 11 is 12.8. The number of hydrogen-bond acceptors (Lipinski definition) is 3. The van der Waals surface area contributed by atoms with Crippen LogP contribution in [0.5, 0.6) is 0 Å². The number of aliphatic carboxylic acids is 1. The van der Waals surface area contributed by atoms with E-state index in [1.54, 1.807) is 17.9 Å². The molecule has 5 nitrogen and oxygen atoms in total. The lowest BCUT2D eigenvalue weighted by Crippen LogP contribution is -2.66. The Hall–Kier alpha value is -3.42. The Morgan fingerprint density at radius 2 is 1.47 bits per heavy atom. The largest absolute Gasteiger partial charge is 0.480 e. The van der Waals surface area contributed by atoms with Gasteiger partial charge < -0.3 is 14.4 Å². The van der Waals surface area contributed by atoms with E-state index >= 15 is 0 Å². The normalized spacial score (nSPS) is 21.0. The zero-order chi connectivity index (χ0) is 34.0. The smallest absolute Gasteiger partial charge is 0.318 e. The van der Waals surface area contributed by atoms with Crippen LogP contribution in [0.15, 0.2) is 109 Å². The van der Waals surface area contributed by atoms with E-state index in [-0.39, 0.29) is 23.4 Å². The van der Waals surface area contributed by atoms with Gasteiger partial charge in [-0.1, -0.05) is 129 Å². The summed E-state index contributed by atoms with van der Waals surface area (Å²) in [6, 6.07) is 35.1. The van der Waals surface area contributed by atoms with Crippen LogP contribution in [0, 0.1) is 5.41 Å². The number of hydrogen-bond donors (Lipinski definition) is 1. The summed E-state index contributed by atoms with van der Waals surface area (Å²) in [5.74, 6) is -1.86. The Morgan fingerprint density at radius 1 is 0.894 bits per heavy atom. The molecule has 0 bridgehead atoms. The SMILES string of the molecule is C[C@@H](CCO[Si](c1ccccc1)(c1ccccc1)C(C)(C)C)N1C(=O)C(C)(C(=O)O)CC(c2cccc(Cl)c2)C1c1ccc(Cl)cc1. The topological polar surface area (TPSA) is 66.8 Å². The van der Waals surface area contributed by atoms with E-state index in [0.29, 0.717) is 23.1 Å². The highest BCUT2D eigenvalue weighted by atomic mass is 35.5. The zero-order valence-corrected chi connectivity index (χ0v) is 30.1. The van der Waals surface area contributed by atoms with Crippen molar-refractivity contribution in [3.8, 4) is 0 Å². The van der Waals surface area contributed by atoms with Crippen LogP contribution in [0.4, 0.5) is 0 Å². The molecule has 3 unspecified atom stereocenters. The van der Waals surface area contributed by atoms with Gasteiger partial charge in [-0.05, 0) is 77.5 Å². The van der Waals surface area contributed by atoms with Crippen LogP contribution >= 0.6 is 23.2 Å². The van der Waals surface area contributed by atoms with Crippen LogP contribution in [0.3, 0.4) is 0 Å². The first-order valence-electron chi connectivity index (χ1n) is 16.1. The molecule has 0 aromatic heterocycles. The van der Waals surface area contributed by atoms with Crippen molar-refractivity contribution in [1.29, 1.82) is 0 Å². The van der Waals surface area contributed by atoms with E-state index in [9.17, 15) is 14.7 Å². The molecule has 0 saturated carbocycles. The molecule has 0 spiro atoms. The standard InChI is InChI=1S/C39H43Cl2NO4Si/c1-27(23-24-46-47(38(2,3)4,32-15-8-6-9-16-32)33-17-10-7-11-18-33)42-35(28-19-21-30(40)22-20-28)34(29-13-12-14-31(41)25-29)26-39(5,36(42)43)37(44)45/h6-22,25,27,34-35H,23-24,26H2,1-5H3,(H,44,45)/t27-,34?,35?,39?/m0/s1. The average Bonchev–Trinajstić information content (AvgIpc) is 3.04. The summed E-state index contributed by atoms with van der Waals surface area (Å²) in [7, 11) is -2.82. The number of carbonyl (C=O) groups excluding carboxylic acids is 1. The summed E-state index contributed by atoms with van der Waals surface area (Å²) in [5.41, 5.74) is 0.154. The van der Waals surface area contributed by atoms with Gasteiger partial charge in [-0.25, -0.2) is 0 Å². The van der Waals surface area contributed by atoms with Crippen molar-refractivity contribution in [1.82, 2.24) is 4.90 Å². The minimum Gasteiger partial charge on any atom is -0.480 e. The van der Waals surface area contributed by atoms with Gasteiger partial charge in [0, 0.05) is 28.6 Å².